The molecule has 7 rings (SSSR count). The highest BCUT2D eigenvalue weighted by Crippen LogP contribution is 2.37. The van der Waals surface area contributed by atoms with Crippen molar-refractivity contribution in [3.05, 3.63) is 101 Å². The molecular weight excluding hydrogens is 574 g/mol. The SMILES string of the molecule is CC(c1oc2cccc(F)c2c(=O)c1-c1cccc(F)c1)n1nc(-c2ccc(-c3nnc(N)s3)cc2)c2c(N)ncnc21. The number of hydrogen-bond donors (Lipinski definition) is 2. The number of nitrogens with zero attached hydrogens (tertiary/aromatic N) is 6. The Morgan fingerprint density at radius 2 is 1.67 bits per heavy atom. The van der Waals surface area contributed by atoms with Crippen LogP contribution in [0.3, 0.4) is 0 Å². The molecule has 212 valence electrons. The fraction of sp³-hybridized carbons (Fsp3) is 0.0667. The molecule has 0 aliphatic rings. The van der Waals surface area contributed by atoms with Gasteiger partial charge in [-0.15, -0.1) is 10.2 Å². The maximum absolute atomic E-state index is 14.9. The fourth-order valence-corrected chi connectivity index (χ4v) is 5.74. The molecule has 0 radical (unpaired) electrons. The van der Waals surface area contributed by atoms with Crippen molar-refractivity contribution in [2.24, 2.45) is 0 Å². The summed E-state index contributed by atoms with van der Waals surface area (Å²) in [6.45, 7) is 1.75. The van der Waals surface area contributed by atoms with E-state index in [9.17, 15) is 13.6 Å². The summed E-state index contributed by atoms with van der Waals surface area (Å²) in [5.41, 5.74) is 14.1. The van der Waals surface area contributed by atoms with E-state index in [1.165, 1.54) is 54.1 Å². The molecule has 0 spiro atoms. The lowest BCUT2D eigenvalue weighted by Crippen LogP contribution is -2.17. The lowest BCUT2D eigenvalue weighted by Gasteiger charge is -2.17. The molecule has 0 fully saturated rings. The zero-order valence-corrected chi connectivity index (χ0v) is 23.1. The number of aromatic nitrogens is 6. The van der Waals surface area contributed by atoms with Gasteiger partial charge >= 0.3 is 0 Å². The lowest BCUT2D eigenvalue weighted by atomic mass is 9.99. The van der Waals surface area contributed by atoms with Gasteiger partial charge in [0, 0.05) is 11.1 Å². The summed E-state index contributed by atoms with van der Waals surface area (Å²) in [6.07, 6.45) is 1.31. The molecule has 43 heavy (non-hydrogen) atoms. The van der Waals surface area contributed by atoms with Crippen LogP contribution in [-0.2, 0) is 0 Å². The van der Waals surface area contributed by atoms with Gasteiger partial charge in [-0.1, -0.05) is 53.8 Å². The number of benzene rings is 3. The summed E-state index contributed by atoms with van der Waals surface area (Å²) in [7, 11) is 0. The number of anilines is 2. The van der Waals surface area contributed by atoms with Crippen LogP contribution in [0.4, 0.5) is 19.7 Å². The Balaban J connectivity index is 1.44. The third kappa shape index (κ3) is 4.37. The summed E-state index contributed by atoms with van der Waals surface area (Å²) < 4.78 is 37.0. The molecule has 0 saturated carbocycles. The Morgan fingerprint density at radius 3 is 2.42 bits per heavy atom. The second kappa shape index (κ2) is 10.1. The van der Waals surface area contributed by atoms with Gasteiger partial charge in [-0.2, -0.15) is 5.10 Å². The van der Waals surface area contributed by atoms with Gasteiger partial charge in [0.2, 0.25) is 10.6 Å². The van der Waals surface area contributed by atoms with Crippen molar-refractivity contribution in [2.75, 3.05) is 11.5 Å². The van der Waals surface area contributed by atoms with Gasteiger partial charge in [0.05, 0.1) is 10.9 Å². The quantitative estimate of drug-likeness (QED) is 0.250. The Labute approximate surface area is 245 Å². The minimum Gasteiger partial charge on any atom is -0.458 e. The number of rotatable bonds is 5. The predicted molar refractivity (Wildman–Crippen MR) is 160 cm³/mol. The number of fused-ring (bicyclic) bond motifs is 2. The monoisotopic (exact) mass is 594 g/mol. The van der Waals surface area contributed by atoms with Crippen LogP contribution in [0.2, 0.25) is 0 Å². The molecular formula is C30H20F2N8O2S. The molecule has 0 saturated heterocycles. The molecule has 10 nitrogen and oxygen atoms in total. The molecule has 0 aliphatic carbocycles. The minimum absolute atomic E-state index is 0.0116. The zero-order valence-electron chi connectivity index (χ0n) is 22.3. The topological polar surface area (TPSA) is 152 Å². The molecule has 0 bridgehead atoms. The fourth-order valence-electron chi connectivity index (χ4n) is 5.13. The van der Waals surface area contributed by atoms with E-state index in [-0.39, 0.29) is 33.7 Å². The van der Waals surface area contributed by atoms with Crippen LogP contribution in [0.15, 0.2) is 82.3 Å². The first kappa shape index (κ1) is 26.3. The summed E-state index contributed by atoms with van der Waals surface area (Å²) in [6, 6.07) is 16.3. The Morgan fingerprint density at radius 1 is 0.907 bits per heavy atom. The summed E-state index contributed by atoms with van der Waals surface area (Å²) >= 11 is 1.27. The molecule has 4 N–H and O–H groups in total. The van der Waals surface area contributed by atoms with E-state index in [2.05, 4.69) is 20.2 Å². The molecule has 4 aromatic heterocycles. The van der Waals surface area contributed by atoms with Gasteiger partial charge < -0.3 is 15.9 Å². The Bertz CT molecular complexity index is 2240. The van der Waals surface area contributed by atoms with Gasteiger partial charge in [-0.3, -0.25) is 4.79 Å². The third-order valence-electron chi connectivity index (χ3n) is 7.12. The number of halogens is 2. The first-order chi connectivity index (χ1) is 20.8. The summed E-state index contributed by atoms with van der Waals surface area (Å²) in [4.78, 5) is 22.4. The number of nitrogens with two attached hydrogens (primary N) is 2. The predicted octanol–water partition coefficient (Wildman–Crippen LogP) is 5.84. The van der Waals surface area contributed by atoms with E-state index in [0.717, 1.165) is 5.56 Å². The van der Waals surface area contributed by atoms with E-state index < -0.39 is 23.1 Å². The Hall–Kier alpha value is -5.56. The van der Waals surface area contributed by atoms with Gasteiger partial charge in [-0.05, 0) is 36.8 Å². The second-order valence-corrected chi connectivity index (χ2v) is 10.8. The van der Waals surface area contributed by atoms with Crippen molar-refractivity contribution in [1.29, 1.82) is 0 Å². The molecule has 13 heteroatoms. The Kier molecular flexibility index (Phi) is 6.17. The number of hydrogen-bond acceptors (Lipinski definition) is 10. The van der Waals surface area contributed by atoms with Crippen molar-refractivity contribution in [1.82, 2.24) is 29.9 Å². The highest BCUT2D eigenvalue weighted by Gasteiger charge is 2.28. The van der Waals surface area contributed by atoms with Crippen molar-refractivity contribution in [2.45, 2.75) is 13.0 Å². The van der Waals surface area contributed by atoms with Crippen LogP contribution >= 0.6 is 11.3 Å². The molecule has 1 unspecified atom stereocenters. The van der Waals surface area contributed by atoms with Crippen molar-refractivity contribution in [3.8, 4) is 33.0 Å². The maximum Gasteiger partial charge on any atom is 0.203 e. The first-order valence-electron chi connectivity index (χ1n) is 13.0. The normalized spacial score (nSPS) is 12.3. The van der Waals surface area contributed by atoms with E-state index in [1.807, 2.05) is 24.3 Å². The largest absolute Gasteiger partial charge is 0.458 e. The smallest absolute Gasteiger partial charge is 0.203 e. The zero-order chi connectivity index (χ0) is 29.8. The molecule has 4 heterocycles. The van der Waals surface area contributed by atoms with Crippen LogP contribution in [0, 0.1) is 11.6 Å². The standard InChI is InChI=1S/C30H20F2N8O2S/c1-14(26-21(17-4-2-5-18(31)12-17)25(41)22-19(32)6-3-7-20(22)42-26)40-28-23(27(33)35-13-36-28)24(39-40)15-8-10-16(11-9-15)29-37-38-30(34)43-29/h2-14H,1H3,(H2,34,38)(H2,33,35,36). The van der Waals surface area contributed by atoms with E-state index in [1.54, 1.807) is 17.7 Å². The highest BCUT2D eigenvalue weighted by atomic mass is 32.1. The molecule has 0 amide bonds. The average Bonchev–Trinajstić information content (AvgIpc) is 3.61. The van der Waals surface area contributed by atoms with E-state index >= 15 is 0 Å². The van der Waals surface area contributed by atoms with Crippen molar-refractivity contribution in [3.63, 3.8) is 0 Å². The van der Waals surface area contributed by atoms with Gasteiger partial charge in [0.25, 0.3) is 0 Å². The van der Waals surface area contributed by atoms with Crippen LogP contribution in [0.1, 0.15) is 18.7 Å². The highest BCUT2D eigenvalue weighted by molar-refractivity contribution is 7.18. The van der Waals surface area contributed by atoms with Gasteiger partial charge in [0.15, 0.2) is 5.65 Å². The van der Waals surface area contributed by atoms with Gasteiger partial charge in [0.1, 0.15) is 57.3 Å². The first-order valence-corrected chi connectivity index (χ1v) is 13.8. The van der Waals surface area contributed by atoms with Gasteiger partial charge in [-0.25, -0.2) is 23.4 Å². The van der Waals surface area contributed by atoms with Crippen LogP contribution < -0.4 is 16.9 Å². The molecule has 0 aliphatic heterocycles. The van der Waals surface area contributed by atoms with Crippen molar-refractivity contribution < 1.29 is 13.2 Å². The van der Waals surface area contributed by atoms with E-state index in [0.29, 0.717) is 32.4 Å². The number of nitrogen functional groups attached to an aromatic ring is 2. The van der Waals surface area contributed by atoms with Crippen molar-refractivity contribution >= 4 is 44.3 Å². The molecule has 1 atom stereocenters. The minimum atomic E-state index is -0.771. The van der Waals surface area contributed by atoms with Crippen LogP contribution in [0.25, 0.3) is 55.0 Å². The van der Waals surface area contributed by atoms with Crippen LogP contribution in [-0.4, -0.2) is 29.9 Å². The van der Waals surface area contributed by atoms with Crippen LogP contribution in [0.5, 0.6) is 0 Å². The van der Waals surface area contributed by atoms with E-state index in [4.69, 9.17) is 21.0 Å². The summed E-state index contributed by atoms with van der Waals surface area (Å²) in [5, 5.41) is 14.1. The second-order valence-electron chi connectivity index (χ2n) is 9.74. The lowest BCUT2D eigenvalue weighted by molar-refractivity contribution is 0.445. The molecule has 7 aromatic rings. The third-order valence-corrected chi connectivity index (χ3v) is 7.92. The molecule has 3 aromatic carbocycles. The summed E-state index contributed by atoms with van der Waals surface area (Å²) in [5.74, 6) is -0.955. The average molecular weight is 595 g/mol. The maximum atomic E-state index is 14.9.